The molecule has 0 amide bonds. The van der Waals surface area contributed by atoms with Gasteiger partial charge < -0.3 is 0 Å². The molecule has 1 saturated carbocycles. The summed E-state index contributed by atoms with van der Waals surface area (Å²) in [6.45, 7) is 5.09. The molecule has 1 aromatic rings. The van der Waals surface area contributed by atoms with Crippen LogP contribution >= 0.6 is 11.8 Å². The lowest BCUT2D eigenvalue weighted by Gasteiger charge is -2.21. The maximum absolute atomic E-state index is 9.37. The van der Waals surface area contributed by atoms with Crippen LogP contribution in [-0.2, 0) is 5.75 Å². The highest BCUT2D eigenvalue weighted by molar-refractivity contribution is 7.99. The first-order valence-electron chi connectivity index (χ1n) is 7.01. The number of rotatable bonds is 5. The first-order chi connectivity index (χ1) is 9.17. The molecule has 19 heavy (non-hydrogen) atoms. The summed E-state index contributed by atoms with van der Waals surface area (Å²) in [6.07, 6.45) is 3.12. The number of benzene rings is 1. The summed E-state index contributed by atoms with van der Waals surface area (Å²) in [6, 6.07) is 11.2. The maximum atomic E-state index is 9.37. The molecule has 1 aliphatic rings. The fraction of sp³-hybridized carbons (Fsp3) is 0.562. The molecule has 2 rings (SSSR count). The second kappa shape index (κ2) is 6.45. The van der Waals surface area contributed by atoms with Gasteiger partial charge >= 0.3 is 0 Å². The average molecular weight is 274 g/mol. The molecule has 0 aliphatic heterocycles. The number of thioether (sulfide) groups is 1. The molecule has 2 atom stereocenters. The van der Waals surface area contributed by atoms with Crippen LogP contribution in [0.25, 0.3) is 0 Å². The van der Waals surface area contributed by atoms with Gasteiger partial charge in [-0.05, 0) is 38.3 Å². The van der Waals surface area contributed by atoms with Gasteiger partial charge in [0.1, 0.15) is 5.54 Å². The molecule has 0 spiro atoms. The Kier molecular flexibility index (Phi) is 4.90. The summed E-state index contributed by atoms with van der Waals surface area (Å²) >= 11 is 2.00. The highest BCUT2D eigenvalue weighted by atomic mass is 32.2. The van der Waals surface area contributed by atoms with E-state index >= 15 is 0 Å². The SMILES string of the molecule is CCNC1(C#N)CCC(SCc2cccc(C)c2)C1. The number of hydrogen-bond donors (Lipinski definition) is 1. The second-order valence-corrected chi connectivity index (χ2v) is 6.68. The molecule has 1 aliphatic carbocycles. The molecule has 0 bridgehead atoms. The van der Waals surface area contributed by atoms with Crippen molar-refractivity contribution in [2.75, 3.05) is 6.54 Å². The molecule has 1 fully saturated rings. The Labute approximate surface area is 120 Å². The van der Waals surface area contributed by atoms with Gasteiger partial charge in [0.2, 0.25) is 0 Å². The Bertz CT molecular complexity index is 466. The highest BCUT2D eigenvalue weighted by Gasteiger charge is 2.38. The van der Waals surface area contributed by atoms with Crippen molar-refractivity contribution in [1.82, 2.24) is 5.32 Å². The summed E-state index contributed by atoms with van der Waals surface area (Å²) in [5.74, 6) is 1.06. The van der Waals surface area contributed by atoms with E-state index in [1.807, 2.05) is 11.8 Å². The van der Waals surface area contributed by atoms with Crippen molar-refractivity contribution in [3.8, 4) is 6.07 Å². The number of nitrogens with one attached hydrogen (secondary N) is 1. The first kappa shape index (κ1) is 14.4. The van der Waals surface area contributed by atoms with E-state index in [1.54, 1.807) is 0 Å². The topological polar surface area (TPSA) is 35.8 Å². The zero-order valence-electron chi connectivity index (χ0n) is 11.8. The van der Waals surface area contributed by atoms with Gasteiger partial charge in [0.15, 0.2) is 0 Å². The lowest BCUT2D eigenvalue weighted by Crippen LogP contribution is -2.41. The van der Waals surface area contributed by atoms with E-state index in [4.69, 9.17) is 0 Å². The standard InChI is InChI=1S/C16H22N2S/c1-3-18-16(12-17)8-7-15(10-16)19-11-14-6-4-5-13(2)9-14/h4-6,9,15,18H,3,7-8,10-11H2,1-2H3. The van der Waals surface area contributed by atoms with Gasteiger partial charge in [0, 0.05) is 11.0 Å². The molecular formula is C16H22N2S. The Morgan fingerprint density at radius 1 is 1.53 bits per heavy atom. The average Bonchev–Trinajstić information content (AvgIpc) is 2.81. The van der Waals surface area contributed by atoms with Crippen LogP contribution in [0.15, 0.2) is 24.3 Å². The third-order valence-corrected chi connectivity index (χ3v) is 5.14. The Balaban J connectivity index is 1.87. The molecule has 0 saturated heterocycles. The van der Waals surface area contributed by atoms with Crippen molar-refractivity contribution in [3.05, 3.63) is 35.4 Å². The smallest absolute Gasteiger partial charge is 0.107 e. The van der Waals surface area contributed by atoms with E-state index in [-0.39, 0.29) is 5.54 Å². The Morgan fingerprint density at radius 2 is 2.37 bits per heavy atom. The van der Waals surface area contributed by atoms with E-state index < -0.39 is 0 Å². The molecule has 0 heterocycles. The van der Waals surface area contributed by atoms with Crippen LogP contribution in [0.1, 0.15) is 37.3 Å². The van der Waals surface area contributed by atoms with Gasteiger partial charge in [-0.1, -0.05) is 36.8 Å². The minimum atomic E-state index is -0.265. The zero-order chi connectivity index (χ0) is 13.7. The van der Waals surface area contributed by atoms with E-state index in [1.165, 1.54) is 11.1 Å². The number of nitrogens with zero attached hydrogens (tertiary/aromatic N) is 1. The molecule has 1 aromatic carbocycles. The summed E-state index contributed by atoms with van der Waals surface area (Å²) in [4.78, 5) is 0. The van der Waals surface area contributed by atoms with E-state index in [0.29, 0.717) is 5.25 Å². The van der Waals surface area contributed by atoms with E-state index in [9.17, 15) is 5.26 Å². The molecule has 102 valence electrons. The predicted octanol–water partition coefficient (Wildman–Crippen LogP) is 3.65. The number of nitriles is 1. The lowest BCUT2D eigenvalue weighted by atomic mass is 10.0. The molecule has 2 unspecified atom stereocenters. The fourth-order valence-corrected chi connectivity index (χ4v) is 4.09. The van der Waals surface area contributed by atoms with Crippen molar-refractivity contribution in [3.63, 3.8) is 0 Å². The minimum Gasteiger partial charge on any atom is -0.300 e. The summed E-state index contributed by atoms with van der Waals surface area (Å²) in [5, 5.41) is 13.3. The van der Waals surface area contributed by atoms with Crippen molar-refractivity contribution in [1.29, 1.82) is 5.26 Å². The van der Waals surface area contributed by atoms with Crippen LogP contribution in [0.5, 0.6) is 0 Å². The Morgan fingerprint density at radius 3 is 3.05 bits per heavy atom. The van der Waals surface area contributed by atoms with Crippen molar-refractivity contribution in [2.24, 2.45) is 0 Å². The molecular weight excluding hydrogens is 252 g/mol. The van der Waals surface area contributed by atoms with Crippen LogP contribution in [-0.4, -0.2) is 17.3 Å². The van der Waals surface area contributed by atoms with Crippen LogP contribution in [0, 0.1) is 18.3 Å². The highest BCUT2D eigenvalue weighted by Crippen LogP contribution is 2.38. The quantitative estimate of drug-likeness (QED) is 0.890. The summed E-state index contributed by atoms with van der Waals surface area (Å²) in [7, 11) is 0. The molecule has 3 heteroatoms. The third-order valence-electron chi connectivity index (χ3n) is 3.77. The monoisotopic (exact) mass is 274 g/mol. The van der Waals surface area contributed by atoms with Gasteiger partial charge in [-0.15, -0.1) is 0 Å². The number of aryl methyl sites for hydroxylation is 1. The van der Waals surface area contributed by atoms with Crippen LogP contribution in [0.2, 0.25) is 0 Å². The third kappa shape index (κ3) is 3.75. The normalized spacial score (nSPS) is 26.3. The van der Waals surface area contributed by atoms with Crippen LogP contribution < -0.4 is 5.32 Å². The molecule has 1 N–H and O–H groups in total. The fourth-order valence-electron chi connectivity index (χ4n) is 2.80. The molecule has 2 nitrogen and oxygen atoms in total. The molecule has 0 aromatic heterocycles. The van der Waals surface area contributed by atoms with Crippen molar-refractivity contribution in [2.45, 2.75) is 49.7 Å². The first-order valence-corrected chi connectivity index (χ1v) is 8.06. The van der Waals surface area contributed by atoms with Crippen molar-refractivity contribution >= 4 is 11.8 Å². The van der Waals surface area contributed by atoms with Gasteiger partial charge in [0.05, 0.1) is 6.07 Å². The van der Waals surface area contributed by atoms with Gasteiger partial charge in [-0.25, -0.2) is 0 Å². The van der Waals surface area contributed by atoms with Crippen LogP contribution in [0.4, 0.5) is 0 Å². The van der Waals surface area contributed by atoms with Crippen molar-refractivity contribution < 1.29 is 0 Å². The lowest BCUT2D eigenvalue weighted by molar-refractivity contribution is 0.436. The minimum absolute atomic E-state index is 0.265. The summed E-state index contributed by atoms with van der Waals surface area (Å²) < 4.78 is 0. The van der Waals surface area contributed by atoms with Gasteiger partial charge in [0.25, 0.3) is 0 Å². The second-order valence-electron chi connectivity index (χ2n) is 5.39. The number of hydrogen-bond acceptors (Lipinski definition) is 3. The summed E-state index contributed by atoms with van der Waals surface area (Å²) in [5.41, 5.74) is 2.45. The molecule has 0 radical (unpaired) electrons. The van der Waals surface area contributed by atoms with Crippen LogP contribution in [0.3, 0.4) is 0 Å². The maximum Gasteiger partial charge on any atom is 0.107 e. The van der Waals surface area contributed by atoms with E-state index in [2.05, 4.69) is 49.5 Å². The zero-order valence-corrected chi connectivity index (χ0v) is 12.6. The predicted molar refractivity (Wildman–Crippen MR) is 82.1 cm³/mol. The largest absolute Gasteiger partial charge is 0.300 e. The Hall–Kier alpha value is -0.980. The van der Waals surface area contributed by atoms with Gasteiger partial charge in [-0.3, -0.25) is 5.32 Å². The van der Waals surface area contributed by atoms with Gasteiger partial charge in [-0.2, -0.15) is 17.0 Å². The van der Waals surface area contributed by atoms with E-state index in [0.717, 1.165) is 31.6 Å².